The molecule has 0 aliphatic rings. The lowest BCUT2D eigenvalue weighted by molar-refractivity contribution is 0.361. The van der Waals surface area contributed by atoms with Crippen LogP contribution in [0, 0.1) is 6.92 Å². The fourth-order valence-corrected chi connectivity index (χ4v) is 4.63. The van der Waals surface area contributed by atoms with Crippen LogP contribution in [0.2, 0.25) is 0 Å². The molecule has 8 heteroatoms. The first-order valence-electron chi connectivity index (χ1n) is 10.0. The van der Waals surface area contributed by atoms with Gasteiger partial charge in [0.05, 0.1) is 11.8 Å². The van der Waals surface area contributed by atoms with Crippen LogP contribution in [0.15, 0.2) is 78.9 Å². The van der Waals surface area contributed by atoms with E-state index >= 15 is 0 Å². The predicted molar refractivity (Wildman–Crippen MR) is 129 cm³/mol. The minimum atomic E-state index is -4.06. The van der Waals surface area contributed by atoms with Crippen molar-refractivity contribution in [2.24, 2.45) is 0 Å². The van der Waals surface area contributed by atoms with Crippen molar-refractivity contribution in [1.29, 1.82) is 0 Å². The predicted octanol–water partition coefficient (Wildman–Crippen LogP) is 5.90. The van der Waals surface area contributed by atoms with E-state index in [-0.39, 0.29) is 6.16 Å². The van der Waals surface area contributed by atoms with Crippen LogP contribution in [0.4, 0.5) is 0 Å². The summed E-state index contributed by atoms with van der Waals surface area (Å²) < 4.78 is 22.0. The second kappa shape index (κ2) is 9.68. The number of fused-ring (bicyclic) bond motifs is 2. The van der Waals surface area contributed by atoms with Crippen molar-refractivity contribution in [3.8, 4) is 0 Å². The molecule has 0 aromatic heterocycles. The van der Waals surface area contributed by atoms with Gasteiger partial charge in [0.1, 0.15) is 0 Å². The van der Waals surface area contributed by atoms with Gasteiger partial charge in [-0.25, -0.2) is 0 Å². The maximum Gasteiger partial charge on any atom is 0.332 e. The third-order valence-electron chi connectivity index (χ3n) is 5.21. The first kappa shape index (κ1) is 24.3. The van der Waals surface area contributed by atoms with Crippen molar-refractivity contribution < 1.29 is 28.7 Å². The summed E-state index contributed by atoms with van der Waals surface area (Å²) in [5, 5.41) is 4.18. The van der Waals surface area contributed by atoms with Crippen molar-refractivity contribution >= 4 is 36.7 Å². The summed E-state index contributed by atoms with van der Waals surface area (Å²) in [5.74, 6) is 0. The van der Waals surface area contributed by atoms with E-state index in [9.17, 15) is 9.13 Å². The highest BCUT2D eigenvalue weighted by molar-refractivity contribution is 7.52. The molecular formula is C24H26O6P2. The second-order valence-corrected chi connectivity index (χ2v) is 11.5. The number of hydrogen-bond donors (Lipinski definition) is 4. The molecule has 0 saturated heterocycles. The third-order valence-corrected chi connectivity index (χ3v) is 7.29. The lowest BCUT2D eigenvalue weighted by Gasteiger charge is -2.14. The van der Waals surface area contributed by atoms with Gasteiger partial charge in [-0.1, -0.05) is 84.4 Å². The highest BCUT2D eigenvalue weighted by Crippen LogP contribution is 2.51. The van der Waals surface area contributed by atoms with Crippen LogP contribution in [0.1, 0.15) is 29.3 Å². The summed E-state index contributed by atoms with van der Waals surface area (Å²) in [6.07, 6.45) is -0.198. The van der Waals surface area contributed by atoms with E-state index in [0.29, 0.717) is 11.1 Å². The average molecular weight is 472 g/mol. The van der Waals surface area contributed by atoms with E-state index in [1.165, 1.54) is 5.56 Å². The molecule has 4 aromatic carbocycles. The van der Waals surface area contributed by atoms with Gasteiger partial charge in [0.2, 0.25) is 0 Å². The largest absolute Gasteiger partial charge is 0.332 e. The molecule has 0 bridgehead atoms. The first-order chi connectivity index (χ1) is 14.9. The minimum Gasteiger partial charge on any atom is -0.324 e. The highest BCUT2D eigenvalue weighted by atomic mass is 31.2. The molecule has 0 radical (unpaired) electrons. The first-order valence-corrected chi connectivity index (χ1v) is 13.5. The van der Waals surface area contributed by atoms with Crippen molar-refractivity contribution in [2.75, 3.05) is 0 Å². The minimum absolute atomic E-state index is 0.198. The molecule has 0 spiro atoms. The van der Waals surface area contributed by atoms with E-state index in [1.807, 2.05) is 67.6 Å². The Balaban J connectivity index is 0.000000181. The Morgan fingerprint density at radius 3 is 1.94 bits per heavy atom. The average Bonchev–Trinajstić information content (AvgIpc) is 2.71. The molecule has 32 heavy (non-hydrogen) atoms. The van der Waals surface area contributed by atoms with Gasteiger partial charge in [0, 0.05) is 0 Å². The lowest BCUT2D eigenvalue weighted by Crippen LogP contribution is -1.94. The monoisotopic (exact) mass is 472 g/mol. The number of hydrogen-bond acceptors (Lipinski definition) is 2. The topological polar surface area (TPSA) is 115 Å². The Hall–Kier alpha value is -2.30. The molecule has 0 aliphatic heterocycles. The van der Waals surface area contributed by atoms with Crippen molar-refractivity contribution in [1.82, 2.24) is 0 Å². The normalized spacial score (nSPS) is 12.9. The fraction of sp³-hybridized carbons (Fsp3) is 0.167. The van der Waals surface area contributed by atoms with E-state index in [1.54, 1.807) is 19.1 Å². The molecule has 1 atom stereocenters. The molecule has 1 unspecified atom stereocenters. The molecule has 4 aromatic rings. The Labute approximate surface area is 186 Å². The van der Waals surface area contributed by atoms with Gasteiger partial charge >= 0.3 is 15.2 Å². The summed E-state index contributed by atoms with van der Waals surface area (Å²) in [5.41, 5.74) is 1.77. The van der Waals surface area contributed by atoms with Gasteiger partial charge in [-0.3, -0.25) is 9.13 Å². The van der Waals surface area contributed by atoms with Crippen molar-refractivity contribution in [3.63, 3.8) is 0 Å². The van der Waals surface area contributed by atoms with Gasteiger partial charge in [-0.15, -0.1) is 0 Å². The molecule has 0 heterocycles. The van der Waals surface area contributed by atoms with Crippen LogP contribution in [-0.4, -0.2) is 19.6 Å². The Kier molecular flexibility index (Phi) is 7.36. The van der Waals surface area contributed by atoms with E-state index in [2.05, 4.69) is 6.07 Å². The molecule has 168 valence electrons. The zero-order valence-electron chi connectivity index (χ0n) is 17.8. The number of aryl methyl sites for hydroxylation is 1. The molecular weight excluding hydrogens is 446 g/mol. The smallest absolute Gasteiger partial charge is 0.324 e. The van der Waals surface area contributed by atoms with Gasteiger partial charge in [0.25, 0.3) is 0 Å². The maximum absolute atomic E-state index is 11.2. The standard InChI is InChI=1S/2C12H13O3P/c1-9-2-4-12-7-10(8-16(13,14)15)3-5-11(12)6-9;1-9(16(13,14)15)11-7-6-10-4-2-3-5-12(10)8-11/h2-7H,8H2,1H3,(H2,13,14,15);2-9H,1H3,(H2,13,14,15). The van der Waals surface area contributed by atoms with Gasteiger partial charge in [-0.2, -0.15) is 0 Å². The Bertz CT molecular complexity index is 1340. The quantitative estimate of drug-likeness (QED) is 0.275. The molecule has 0 fully saturated rings. The van der Waals surface area contributed by atoms with Crippen molar-refractivity contribution in [3.05, 3.63) is 95.6 Å². The maximum atomic E-state index is 11.2. The van der Waals surface area contributed by atoms with Crippen LogP contribution < -0.4 is 0 Å². The van der Waals surface area contributed by atoms with E-state index in [4.69, 9.17) is 19.6 Å². The van der Waals surface area contributed by atoms with Gasteiger partial charge < -0.3 is 19.6 Å². The third kappa shape index (κ3) is 6.60. The molecule has 6 nitrogen and oxygen atoms in total. The zero-order chi connectivity index (χ0) is 23.5. The lowest BCUT2D eigenvalue weighted by atomic mass is 10.1. The van der Waals surface area contributed by atoms with Crippen molar-refractivity contribution in [2.45, 2.75) is 25.7 Å². The second-order valence-electron chi connectivity index (χ2n) is 7.88. The summed E-state index contributed by atoms with van der Waals surface area (Å²) >= 11 is 0. The summed E-state index contributed by atoms with van der Waals surface area (Å²) in [7, 11) is -8.03. The fourth-order valence-electron chi connectivity index (χ4n) is 3.41. The van der Waals surface area contributed by atoms with Crippen LogP contribution in [-0.2, 0) is 15.3 Å². The van der Waals surface area contributed by atoms with Crippen LogP contribution in [0.5, 0.6) is 0 Å². The van der Waals surface area contributed by atoms with Gasteiger partial charge in [0.15, 0.2) is 0 Å². The van der Waals surface area contributed by atoms with Crippen LogP contribution >= 0.6 is 15.2 Å². The zero-order valence-corrected chi connectivity index (χ0v) is 19.6. The van der Waals surface area contributed by atoms with E-state index in [0.717, 1.165) is 21.5 Å². The molecule has 4 rings (SSSR count). The number of benzene rings is 4. The molecule has 0 aliphatic carbocycles. The molecule has 0 amide bonds. The van der Waals surface area contributed by atoms with E-state index < -0.39 is 20.9 Å². The Morgan fingerprint density at radius 2 is 1.28 bits per heavy atom. The Morgan fingerprint density at radius 1 is 0.719 bits per heavy atom. The number of rotatable bonds is 4. The van der Waals surface area contributed by atoms with Gasteiger partial charge in [-0.05, 0) is 46.5 Å². The van der Waals surface area contributed by atoms with Crippen LogP contribution in [0.25, 0.3) is 21.5 Å². The molecule has 0 saturated carbocycles. The highest BCUT2D eigenvalue weighted by Gasteiger charge is 2.25. The summed E-state index contributed by atoms with van der Waals surface area (Å²) in [6.45, 7) is 3.56. The summed E-state index contributed by atoms with van der Waals surface area (Å²) in [6, 6.07) is 24.7. The SMILES string of the molecule is CC(c1ccc2ccccc2c1)P(=O)(O)O.Cc1ccc2cc(CP(=O)(O)O)ccc2c1. The molecule has 4 N–H and O–H groups in total. The van der Waals surface area contributed by atoms with Crippen LogP contribution in [0.3, 0.4) is 0 Å². The summed E-state index contributed by atoms with van der Waals surface area (Å²) in [4.78, 5) is 36.0.